The van der Waals surface area contributed by atoms with Gasteiger partial charge < -0.3 is 58.7 Å². The molecule has 608 valence electrons. The topological polar surface area (TPSA) is 469 Å². The number of para-hydroxylation sites is 1. The van der Waals surface area contributed by atoms with Gasteiger partial charge in [-0.15, -0.1) is 0 Å². The number of carbonyl (C=O) groups is 13. The molecule has 29 nitrogen and oxygen atoms in total. The third kappa shape index (κ3) is 35.5. The van der Waals surface area contributed by atoms with Gasteiger partial charge in [0.1, 0.15) is 29.7 Å². The highest BCUT2D eigenvalue weighted by Gasteiger charge is 2.40. The molecule has 0 saturated carbocycles. The van der Waals surface area contributed by atoms with E-state index in [9.17, 15) is 67.4 Å². The van der Waals surface area contributed by atoms with E-state index in [4.69, 9.17) is 17.2 Å². The number of allylic oxidation sites excluding steroid dienone is 5. The van der Waals surface area contributed by atoms with Crippen LogP contribution in [0.25, 0.3) is 10.9 Å². The highest BCUT2D eigenvalue weighted by molar-refractivity contribution is 6.07. The largest absolute Gasteiger partial charge is 0.512 e. The Morgan fingerprint density at radius 3 is 1.86 bits per heavy atom. The zero-order valence-corrected chi connectivity index (χ0v) is 66.7. The van der Waals surface area contributed by atoms with E-state index in [0.717, 1.165) is 67.0 Å². The van der Waals surface area contributed by atoms with Crippen molar-refractivity contribution < 1.29 is 67.4 Å². The molecule has 12 atom stereocenters. The average Bonchev–Trinajstić information content (AvgIpc) is 1.77. The van der Waals surface area contributed by atoms with Crippen LogP contribution in [0.5, 0.6) is 0 Å². The maximum atomic E-state index is 14.7. The van der Waals surface area contributed by atoms with Crippen LogP contribution in [0, 0.1) is 5.92 Å². The van der Waals surface area contributed by atoms with Crippen LogP contribution in [0.1, 0.15) is 223 Å². The Morgan fingerprint density at radius 1 is 0.633 bits per heavy atom. The number of carbonyl (C=O) groups excluding carboxylic acids is 13. The van der Waals surface area contributed by atoms with Crippen molar-refractivity contribution >= 4 is 86.8 Å². The third-order valence-corrected chi connectivity index (χ3v) is 20.2. The Hall–Kier alpha value is -7.71. The van der Waals surface area contributed by atoms with Crippen LogP contribution in [0.3, 0.4) is 0 Å². The van der Waals surface area contributed by atoms with E-state index in [1.165, 1.54) is 13.8 Å². The first kappa shape index (κ1) is 95.5. The number of aliphatic hydroxyl groups excluding tert-OH is 1. The van der Waals surface area contributed by atoms with Crippen LogP contribution in [0.4, 0.5) is 0 Å². The minimum absolute atomic E-state index is 0.0128. The standard InChI is InChI=1S/C80H129N15O14/c1-13-14-27-64(71(103)46-86-56(8)70(102)44-81)90-50-89-53(5)67(99)35-38-84-54(6)68(100)41-73(105)79(11,37-25-21-19-17-15-16-18-20-24-36-78(10,83)75(107)48-87-52(4)57(9)97)91-77(109)66(39-51(2)3)94-93-65(33-34-76(82)108)72(104)47-85-55(7)69(101)42-74(106)80(12,43-59-45-88-63-28-23-22-26-62(59)63)95-92-60(49-96)40-58-29-31-61(98)32-30-58/h17,19,22-23,26,28-29,31,45,49,51-56,60,64-66,84-90,93-94,98H,13-16,18,20-21,24-25,27,30,32-44,46-48,50,81,83H2,1-12H3,(H2,82,108)(H,91,109)/b19-17+,95-92?/t52-,53-,54-,55-,56-,60-,64-,65-,66-,78+,79-,80-/m0/s1. The van der Waals surface area contributed by atoms with Crippen molar-refractivity contribution in [2.75, 3.05) is 39.4 Å². The highest BCUT2D eigenvalue weighted by atomic mass is 16.3. The number of nitrogens with two attached hydrogens (primary N) is 3. The molecule has 1 aliphatic carbocycles. The lowest BCUT2D eigenvalue weighted by molar-refractivity contribution is -0.136. The number of unbranched alkanes of at least 4 members (excludes halogenated alkanes) is 6. The van der Waals surface area contributed by atoms with Gasteiger partial charge in [-0.05, 0) is 157 Å². The number of aromatic amines is 1. The lowest BCUT2D eigenvalue weighted by Crippen LogP contribution is -2.61. The van der Waals surface area contributed by atoms with Gasteiger partial charge in [0.05, 0.1) is 98.2 Å². The van der Waals surface area contributed by atoms with Crippen LogP contribution >= 0.6 is 0 Å². The molecule has 0 unspecified atom stereocenters. The number of azo groups is 1. The minimum Gasteiger partial charge on any atom is -0.512 e. The van der Waals surface area contributed by atoms with Crippen LogP contribution in [0.2, 0.25) is 0 Å². The van der Waals surface area contributed by atoms with Gasteiger partial charge in [-0.1, -0.05) is 94.9 Å². The first-order valence-electron chi connectivity index (χ1n) is 38.9. The van der Waals surface area contributed by atoms with Gasteiger partial charge in [0.25, 0.3) is 0 Å². The van der Waals surface area contributed by atoms with E-state index in [-0.39, 0.29) is 118 Å². The Balaban J connectivity index is 1.77. The van der Waals surface area contributed by atoms with Gasteiger partial charge in [0.2, 0.25) is 11.8 Å². The molecule has 1 aliphatic rings. The molecule has 0 spiro atoms. The number of aliphatic hydroxyl groups is 1. The number of amides is 2. The van der Waals surface area contributed by atoms with Crippen molar-refractivity contribution in [2.45, 2.75) is 295 Å². The van der Waals surface area contributed by atoms with E-state index in [1.54, 1.807) is 66.8 Å². The van der Waals surface area contributed by atoms with E-state index in [1.807, 2.05) is 57.2 Å². The molecular formula is C80H129N15O14. The van der Waals surface area contributed by atoms with Crippen molar-refractivity contribution in [3.05, 3.63) is 71.7 Å². The van der Waals surface area contributed by atoms with Gasteiger partial charge in [0, 0.05) is 56.0 Å². The number of ketones is 10. The molecule has 0 fully saturated rings. The number of primary amides is 1. The number of hydrogen-bond donors (Lipinski definition) is 14. The summed E-state index contributed by atoms with van der Waals surface area (Å²) >= 11 is 0. The van der Waals surface area contributed by atoms with Crippen LogP contribution in [0.15, 0.2) is 76.3 Å². The van der Waals surface area contributed by atoms with Gasteiger partial charge in [-0.3, -0.25) is 68.2 Å². The number of fused-ring (bicyclic) bond motifs is 1. The quantitative estimate of drug-likeness (QED) is 0.00720. The molecule has 0 saturated heterocycles. The number of hydrogen-bond acceptors (Lipinski definition) is 26. The van der Waals surface area contributed by atoms with Crippen molar-refractivity contribution in [3.63, 3.8) is 0 Å². The molecule has 2 amide bonds. The van der Waals surface area contributed by atoms with E-state index >= 15 is 0 Å². The maximum absolute atomic E-state index is 14.7. The van der Waals surface area contributed by atoms with E-state index in [2.05, 4.69) is 63.3 Å². The van der Waals surface area contributed by atoms with Crippen molar-refractivity contribution in [1.29, 1.82) is 0 Å². The second-order valence-electron chi connectivity index (χ2n) is 30.5. The number of nitrogens with one attached hydrogen (secondary N) is 10. The summed E-state index contributed by atoms with van der Waals surface area (Å²) in [6, 6.07) is 0.163. The first-order valence-corrected chi connectivity index (χ1v) is 38.9. The highest BCUT2D eigenvalue weighted by Crippen LogP contribution is 2.29. The van der Waals surface area contributed by atoms with Crippen LogP contribution in [-0.4, -0.2) is 196 Å². The number of hydrazine groups is 1. The normalized spacial score (nSPS) is 16.8. The fourth-order valence-electron chi connectivity index (χ4n) is 12.2. The summed E-state index contributed by atoms with van der Waals surface area (Å²) < 4.78 is 0. The lowest BCUT2D eigenvalue weighted by Gasteiger charge is -2.33. The minimum atomic E-state index is -1.62. The van der Waals surface area contributed by atoms with Gasteiger partial charge in [-0.25, -0.2) is 10.9 Å². The number of rotatable bonds is 63. The fraction of sp³-hybridized carbons (Fsp3) is 0.662. The van der Waals surface area contributed by atoms with Crippen LogP contribution in [-0.2, 0) is 68.7 Å². The molecule has 0 aliphatic heterocycles. The van der Waals surface area contributed by atoms with Crippen molar-refractivity contribution in [1.82, 2.24) is 53.1 Å². The Bertz CT molecular complexity index is 3470. The Morgan fingerprint density at radius 2 is 1.24 bits per heavy atom. The van der Waals surface area contributed by atoms with Crippen molar-refractivity contribution in [3.8, 4) is 0 Å². The van der Waals surface area contributed by atoms with E-state index < -0.39 is 131 Å². The Kier molecular flexibility index (Phi) is 43.4. The molecule has 3 rings (SSSR count). The predicted molar refractivity (Wildman–Crippen MR) is 422 cm³/mol. The number of Topliss-reactive ketones (excluding diaryl/α,β-unsaturated/α-hetero) is 10. The zero-order valence-electron chi connectivity index (χ0n) is 66.7. The summed E-state index contributed by atoms with van der Waals surface area (Å²) in [5, 5.41) is 40.7. The average molecular weight is 1530 g/mol. The Labute approximate surface area is 644 Å². The summed E-state index contributed by atoms with van der Waals surface area (Å²) in [5.74, 6) is -4.72. The molecule has 109 heavy (non-hydrogen) atoms. The molecule has 1 aromatic carbocycles. The monoisotopic (exact) mass is 1520 g/mol. The summed E-state index contributed by atoms with van der Waals surface area (Å²) in [6.45, 7) is 19.8. The van der Waals surface area contributed by atoms with Crippen molar-refractivity contribution in [2.24, 2.45) is 33.3 Å². The number of H-pyrrole nitrogens is 1. The number of benzene rings is 1. The number of aldehydes is 1. The molecule has 0 bridgehead atoms. The predicted octanol–water partition coefficient (Wildman–Crippen LogP) is 5.68. The number of aromatic nitrogens is 1. The third-order valence-electron chi connectivity index (χ3n) is 20.2. The molecular weight excluding hydrogens is 1390 g/mol. The van der Waals surface area contributed by atoms with Gasteiger partial charge >= 0.3 is 0 Å². The lowest BCUT2D eigenvalue weighted by atomic mass is 9.86. The second kappa shape index (κ2) is 49.5. The van der Waals surface area contributed by atoms with Gasteiger partial charge in [0.15, 0.2) is 52.0 Å². The summed E-state index contributed by atoms with van der Waals surface area (Å²) in [4.78, 5) is 177. The molecule has 29 heteroatoms. The molecule has 2 aromatic rings. The van der Waals surface area contributed by atoms with E-state index in [0.29, 0.717) is 44.8 Å². The summed E-state index contributed by atoms with van der Waals surface area (Å²) in [7, 11) is 0. The molecule has 1 aromatic heterocycles. The second-order valence-corrected chi connectivity index (χ2v) is 30.5. The molecule has 0 radical (unpaired) electrons. The molecule has 17 N–H and O–H groups in total. The fourth-order valence-corrected chi connectivity index (χ4v) is 12.2. The SMILES string of the molecule is CCCC[C@H](NCN[C@@H](C)C(=O)CCN[C@@H](C)C(=O)CC(=O)[C@](C)(CCC/C=C/CCCCCC[C@@](C)(N)C(=O)CN[C@@H](C)C(C)=O)NC(=O)[C@H](CC(C)C)NN[C@@H](CCC(N)=O)C(=O)CN[C@@H](C)C(=O)CC(=O)[C@](C)(Cc1c[nH]c2ccccc12)N=N[C@H](C=O)CC1=CC=C(O)CC1)C(=O)CN[C@@H](C)C(=O)CN. The summed E-state index contributed by atoms with van der Waals surface area (Å²) in [5.41, 5.74) is 21.5. The molecule has 1 heterocycles. The zero-order chi connectivity index (χ0) is 81.4. The number of nitrogens with zero attached hydrogens (tertiary/aromatic N) is 2. The summed E-state index contributed by atoms with van der Waals surface area (Å²) in [6.07, 6.45) is 17.5. The smallest absolute Gasteiger partial charge is 0.239 e. The first-order chi connectivity index (χ1) is 51.5. The van der Waals surface area contributed by atoms with Gasteiger partial charge in [-0.2, -0.15) is 10.2 Å². The van der Waals surface area contributed by atoms with Crippen LogP contribution < -0.4 is 65.3 Å². The maximum Gasteiger partial charge on any atom is 0.239 e.